The maximum Gasteiger partial charge on any atom is 0.122 e. The van der Waals surface area contributed by atoms with E-state index >= 15 is 0 Å². The fourth-order valence-corrected chi connectivity index (χ4v) is 1.31. The molecule has 0 aliphatic rings. The van der Waals surface area contributed by atoms with Crippen molar-refractivity contribution in [2.45, 2.75) is 20.4 Å². The van der Waals surface area contributed by atoms with E-state index in [-0.39, 0.29) is 6.54 Å². The molecule has 5 nitrogen and oxygen atoms in total. The van der Waals surface area contributed by atoms with Gasteiger partial charge in [0.25, 0.3) is 0 Å². The molecule has 0 heterocycles. The van der Waals surface area contributed by atoms with Crippen molar-refractivity contribution < 1.29 is 9.47 Å². The molecule has 0 spiro atoms. The maximum absolute atomic E-state index is 8.35. The monoisotopic (exact) mass is 235 g/mol. The molecule has 0 saturated heterocycles. The molecule has 17 heavy (non-hydrogen) atoms. The van der Waals surface area contributed by atoms with Gasteiger partial charge in [-0.2, -0.15) is 0 Å². The zero-order valence-corrected chi connectivity index (χ0v) is 10.4. The number of hydrogen-bond acceptors (Lipinski definition) is 3. The van der Waals surface area contributed by atoms with Gasteiger partial charge in [-0.1, -0.05) is 19.0 Å². The summed E-state index contributed by atoms with van der Waals surface area (Å²) < 4.78 is 10.8. The Kier molecular flexibility index (Phi) is 5.17. The summed E-state index contributed by atoms with van der Waals surface area (Å²) in [6.07, 6.45) is 0. The molecule has 0 fully saturated rings. The molecule has 0 aromatic heterocycles. The van der Waals surface area contributed by atoms with E-state index < -0.39 is 0 Å². The van der Waals surface area contributed by atoms with Crippen molar-refractivity contribution in [1.82, 2.24) is 0 Å². The van der Waals surface area contributed by atoms with Crippen LogP contribution in [0.1, 0.15) is 19.4 Å². The fraction of sp³-hybridized carbons (Fsp3) is 0.500. The number of nitrogens with zero attached hydrogens (tertiary/aromatic N) is 3. The molecule has 0 amide bonds. The Labute approximate surface area is 101 Å². The number of azide groups is 1. The first-order valence-electron chi connectivity index (χ1n) is 5.48. The highest BCUT2D eigenvalue weighted by atomic mass is 16.5. The van der Waals surface area contributed by atoms with Gasteiger partial charge in [-0.3, -0.25) is 0 Å². The summed E-state index contributed by atoms with van der Waals surface area (Å²) >= 11 is 0. The van der Waals surface area contributed by atoms with Crippen LogP contribution in [0.4, 0.5) is 0 Å². The van der Waals surface area contributed by atoms with Crippen molar-refractivity contribution in [2.75, 3.05) is 13.7 Å². The van der Waals surface area contributed by atoms with Gasteiger partial charge in [0, 0.05) is 10.5 Å². The van der Waals surface area contributed by atoms with Crippen LogP contribution in [-0.4, -0.2) is 13.7 Å². The molecule has 0 aliphatic heterocycles. The topological polar surface area (TPSA) is 67.2 Å². The lowest BCUT2D eigenvalue weighted by Crippen LogP contribution is -2.06. The van der Waals surface area contributed by atoms with Crippen molar-refractivity contribution >= 4 is 0 Å². The van der Waals surface area contributed by atoms with Crippen LogP contribution in [-0.2, 0) is 6.54 Å². The quantitative estimate of drug-likeness (QED) is 0.430. The second-order valence-corrected chi connectivity index (χ2v) is 4.07. The number of ether oxygens (including phenoxy) is 2. The van der Waals surface area contributed by atoms with E-state index in [2.05, 4.69) is 23.9 Å². The molecule has 5 heteroatoms. The fourth-order valence-electron chi connectivity index (χ4n) is 1.31. The standard InChI is InChI=1S/C12H17N3O2/c1-9(2)8-17-12-5-4-11(16-3)6-10(12)7-14-15-13/h4-6,9H,7-8H2,1-3H3. The van der Waals surface area contributed by atoms with E-state index in [1.54, 1.807) is 7.11 Å². The lowest BCUT2D eigenvalue weighted by Gasteiger charge is -2.13. The molecule has 0 atom stereocenters. The first kappa shape index (κ1) is 13.2. The molecule has 0 N–H and O–H groups in total. The Hall–Kier alpha value is -1.87. The Morgan fingerprint density at radius 2 is 2.18 bits per heavy atom. The predicted molar refractivity (Wildman–Crippen MR) is 66.2 cm³/mol. The SMILES string of the molecule is COc1ccc(OCC(C)C)c(CN=[N+]=[N-])c1. The third-order valence-electron chi connectivity index (χ3n) is 2.14. The van der Waals surface area contributed by atoms with Crippen molar-refractivity contribution in [3.63, 3.8) is 0 Å². The third kappa shape index (κ3) is 4.25. The van der Waals surface area contributed by atoms with Crippen molar-refractivity contribution in [2.24, 2.45) is 11.0 Å². The molecule has 0 radical (unpaired) electrons. The van der Waals surface area contributed by atoms with E-state index in [0.29, 0.717) is 12.5 Å². The van der Waals surface area contributed by atoms with E-state index in [4.69, 9.17) is 15.0 Å². The van der Waals surface area contributed by atoms with Crippen molar-refractivity contribution in [3.05, 3.63) is 34.2 Å². The second-order valence-electron chi connectivity index (χ2n) is 4.07. The van der Waals surface area contributed by atoms with Crippen LogP contribution in [0.15, 0.2) is 23.3 Å². The smallest absolute Gasteiger partial charge is 0.122 e. The van der Waals surface area contributed by atoms with E-state index in [1.807, 2.05) is 18.2 Å². The predicted octanol–water partition coefficient (Wildman–Crippen LogP) is 3.54. The first-order chi connectivity index (χ1) is 8.17. The van der Waals surface area contributed by atoms with Crippen LogP contribution in [0.3, 0.4) is 0 Å². The van der Waals surface area contributed by atoms with Crippen LogP contribution >= 0.6 is 0 Å². The van der Waals surface area contributed by atoms with E-state index in [9.17, 15) is 0 Å². The van der Waals surface area contributed by atoms with Gasteiger partial charge >= 0.3 is 0 Å². The van der Waals surface area contributed by atoms with Gasteiger partial charge in [0.15, 0.2) is 0 Å². The summed E-state index contributed by atoms with van der Waals surface area (Å²) in [5.41, 5.74) is 9.19. The Bertz CT molecular complexity index is 412. The van der Waals surface area contributed by atoms with Gasteiger partial charge in [-0.05, 0) is 29.6 Å². The molecule has 92 valence electrons. The summed E-state index contributed by atoms with van der Waals surface area (Å²) in [5, 5.41) is 3.55. The van der Waals surface area contributed by atoms with Gasteiger partial charge < -0.3 is 9.47 Å². The van der Waals surface area contributed by atoms with Crippen LogP contribution < -0.4 is 9.47 Å². The summed E-state index contributed by atoms with van der Waals surface area (Å²) in [4.78, 5) is 2.75. The number of rotatable bonds is 6. The van der Waals surface area contributed by atoms with Crippen molar-refractivity contribution in [3.8, 4) is 11.5 Å². The zero-order valence-electron chi connectivity index (χ0n) is 10.4. The van der Waals surface area contributed by atoms with Gasteiger partial charge in [-0.15, -0.1) is 0 Å². The van der Waals surface area contributed by atoms with Crippen LogP contribution in [0, 0.1) is 5.92 Å². The van der Waals surface area contributed by atoms with Crippen LogP contribution in [0.2, 0.25) is 0 Å². The highest BCUT2D eigenvalue weighted by Crippen LogP contribution is 2.25. The third-order valence-corrected chi connectivity index (χ3v) is 2.14. The molecule has 1 aromatic carbocycles. The summed E-state index contributed by atoms with van der Waals surface area (Å²) in [6.45, 7) is 5.06. The van der Waals surface area contributed by atoms with Gasteiger partial charge in [0.2, 0.25) is 0 Å². The molecular weight excluding hydrogens is 218 g/mol. The Morgan fingerprint density at radius 3 is 2.76 bits per heavy atom. The summed E-state index contributed by atoms with van der Waals surface area (Å²) in [6, 6.07) is 5.49. The highest BCUT2D eigenvalue weighted by molar-refractivity contribution is 5.40. The molecule has 0 aliphatic carbocycles. The first-order valence-corrected chi connectivity index (χ1v) is 5.48. The van der Waals surface area contributed by atoms with Gasteiger partial charge in [0.05, 0.1) is 20.3 Å². The zero-order chi connectivity index (χ0) is 12.7. The molecule has 0 saturated carbocycles. The Morgan fingerprint density at radius 1 is 1.41 bits per heavy atom. The normalized spacial score (nSPS) is 9.88. The number of hydrogen-bond donors (Lipinski definition) is 0. The van der Waals surface area contributed by atoms with Gasteiger partial charge in [-0.25, -0.2) is 0 Å². The molecule has 1 aromatic rings. The number of methoxy groups -OCH3 is 1. The molecule has 0 unspecified atom stereocenters. The average Bonchev–Trinajstić information content (AvgIpc) is 2.34. The second kappa shape index (κ2) is 6.66. The average molecular weight is 235 g/mol. The summed E-state index contributed by atoms with van der Waals surface area (Å²) in [7, 11) is 1.60. The lowest BCUT2D eigenvalue weighted by molar-refractivity contribution is 0.268. The van der Waals surface area contributed by atoms with Gasteiger partial charge in [0.1, 0.15) is 11.5 Å². The van der Waals surface area contributed by atoms with Crippen molar-refractivity contribution in [1.29, 1.82) is 0 Å². The van der Waals surface area contributed by atoms with Crippen LogP contribution in [0.25, 0.3) is 10.4 Å². The minimum atomic E-state index is 0.265. The minimum Gasteiger partial charge on any atom is -0.497 e. The lowest BCUT2D eigenvalue weighted by atomic mass is 10.2. The minimum absolute atomic E-state index is 0.265. The van der Waals surface area contributed by atoms with E-state index in [0.717, 1.165) is 17.1 Å². The maximum atomic E-state index is 8.35. The summed E-state index contributed by atoms with van der Waals surface area (Å²) in [5.74, 6) is 1.92. The molecule has 0 bridgehead atoms. The number of benzene rings is 1. The van der Waals surface area contributed by atoms with Crippen LogP contribution in [0.5, 0.6) is 11.5 Å². The van der Waals surface area contributed by atoms with E-state index in [1.165, 1.54) is 0 Å². The molecule has 1 rings (SSSR count). The largest absolute Gasteiger partial charge is 0.497 e. The Balaban J connectivity index is 2.88. The highest BCUT2D eigenvalue weighted by Gasteiger charge is 2.06. The molecular formula is C12H17N3O2.